The fourth-order valence-electron chi connectivity index (χ4n) is 2.91. The van der Waals surface area contributed by atoms with Crippen molar-refractivity contribution in [1.29, 1.82) is 0 Å². The average molecular weight is 404 g/mol. The van der Waals surface area contributed by atoms with Crippen LogP contribution in [0.15, 0.2) is 72.2 Å². The van der Waals surface area contributed by atoms with E-state index in [1.165, 1.54) is 22.9 Å². The molecular formula is C21H17FN6O2. The van der Waals surface area contributed by atoms with Crippen molar-refractivity contribution in [2.75, 3.05) is 0 Å². The minimum Gasteiger partial charge on any atom is -0.346 e. The lowest BCUT2D eigenvalue weighted by Crippen LogP contribution is -2.31. The number of pyridine rings is 1. The highest BCUT2D eigenvalue weighted by atomic mass is 19.1. The van der Waals surface area contributed by atoms with Crippen LogP contribution in [0.3, 0.4) is 0 Å². The molecule has 4 aromatic rings. The van der Waals surface area contributed by atoms with Crippen LogP contribution in [0.2, 0.25) is 0 Å². The van der Waals surface area contributed by atoms with E-state index in [2.05, 4.69) is 20.4 Å². The molecule has 3 aromatic heterocycles. The Labute approximate surface area is 170 Å². The summed E-state index contributed by atoms with van der Waals surface area (Å²) in [4.78, 5) is 33.1. The molecule has 1 amide bonds. The number of para-hydroxylation sites is 1. The highest BCUT2D eigenvalue weighted by molar-refractivity contribution is 5.92. The summed E-state index contributed by atoms with van der Waals surface area (Å²) < 4.78 is 17.1. The number of imidazole rings is 1. The molecule has 0 saturated carbocycles. The average Bonchev–Trinajstić information content (AvgIpc) is 3.28. The minimum absolute atomic E-state index is 0.156. The third-order valence-corrected chi connectivity index (χ3v) is 4.43. The van der Waals surface area contributed by atoms with Gasteiger partial charge in [0.15, 0.2) is 5.69 Å². The number of hydrogen-bond donors (Lipinski definition) is 1. The second-order valence-corrected chi connectivity index (χ2v) is 6.54. The summed E-state index contributed by atoms with van der Waals surface area (Å²) >= 11 is 0. The molecule has 150 valence electrons. The van der Waals surface area contributed by atoms with Crippen molar-refractivity contribution in [1.82, 2.24) is 29.6 Å². The summed E-state index contributed by atoms with van der Waals surface area (Å²) in [5.74, 6) is -0.466. The molecule has 0 fully saturated rings. The lowest BCUT2D eigenvalue weighted by molar-refractivity contribution is 0.0943. The highest BCUT2D eigenvalue weighted by Gasteiger charge is 2.16. The largest absolute Gasteiger partial charge is 0.346 e. The van der Waals surface area contributed by atoms with E-state index in [-0.39, 0.29) is 17.9 Å². The zero-order valence-electron chi connectivity index (χ0n) is 16.0. The molecule has 0 unspecified atom stereocenters. The van der Waals surface area contributed by atoms with Gasteiger partial charge in [0.2, 0.25) is 5.43 Å². The number of carbonyl (C=O) groups is 1. The number of nitrogens with zero attached hydrogens (tertiary/aromatic N) is 5. The van der Waals surface area contributed by atoms with Crippen LogP contribution >= 0.6 is 0 Å². The maximum absolute atomic E-state index is 14.1. The quantitative estimate of drug-likeness (QED) is 0.550. The van der Waals surface area contributed by atoms with Crippen molar-refractivity contribution >= 4 is 5.91 Å². The number of halogens is 1. The zero-order chi connectivity index (χ0) is 21.1. The molecule has 0 radical (unpaired) electrons. The van der Waals surface area contributed by atoms with E-state index in [0.29, 0.717) is 11.5 Å². The van der Waals surface area contributed by atoms with Gasteiger partial charge in [0.25, 0.3) is 5.91 Å². The SMILES string of the molecule is Cc1cc(=O)c(C(=O)NCc2ccc(-n3ccnc3)nc2)nn1-c1ccccc1F. The van der Waals surface area contributed by atoms with Crippen molar-refractivity contribution < 1.29 is 9.18 Å². The molecule has 0 aliphatic heterocycles. The van der Waals surface area contributed by atoms with Gasteiger partial charge in [-0.1, -0.05) is 18.2 Å². The van der Waals surface area contributed by atoms with Gasteiger partial charge in [-0.2, -0.15) is 5.10 Å². The predicted octanol–water partition coefficient (Wildman–Crippen LogP) is 2.19. The number of aromatic nitrogens is 5. The summed E-state index contributed by atoms with van der Waals surface area (Å²) in [5, 5.41) is 6.74. The monoisotopic (exact) mass is 404 g/mol. The molecule has 9 heteroatoms. The van der Waals surface area contributed by atoms with Gasteiger partial charge in [0.05, 0.1) is 0 Å². The molecule has 1 aromatic carbocycles. The van der Waals surface area contributed by atoms with Gasteiger partial charge in [-0.25, -0.2) is 19.0 Å². The lowest BCUT2D eigenvalue weighted by Gasteiger charge is -2.12. The molecule has 0 bridgehead atoms. The van der Waals surface area contributed by atoms with Gasteiger partial charge >= 0.3 is 0 Å². The first-order valence-electron chi connectivity index (χ1n) is 9.10. The molecule has 8 nitrogen and oxygen atoms in total. The fourth-order valence-corrected chi connectivity index (χ4v) is 2.91. The van der Waals surface area contributed by atoms with Crippen molar-refractivity contribution in [3.05, 3.63) is 100 Å². The Hall–Kier alpha value is -4.14. The van der Waals surface area contributed by atoms with E-state index in [0.717, 1.165) is 5.56 Å². The summed E-state index contributed by atoms with van der Waals surface area (Å²) in [6, 6.07) is 10.9. The van der Waals surface area contributed by atoms with Crippen LogP contribution in [0.25, 0.3) is 11.5 Å². The highest BCUT2D eigenvalue weighted by Crippen LogP contribution is 2.13. The molecule has 0 spiro atoms. The minimum atomic E-state index is -0.649. The molecule has 4 rings (SSSR count). The van der Waals surface area contributed by atoms with Crippen LogP contribution in [0.5, 0.6) is 0 Å². The number of carbonyl (C=O) groups excluding carboxylic acids is 1. The van der Waals surface area contributed by atoms with E-state index >= 15 is 0 Å². The second-order valence-electron chi connectivity index (χ2n) is 6.54. The molecule has 0 atom stereocenters. The van der Waals surface area contributed by atoms with Crippen molar-refractivity contribution in [2.45, 2.75) is 13.5 Å². The molecule has 1 N–H and O–H groups in total. The number of nitrogens with one attached hydrogen (secondary N) is 1. The Balaban J connectivity index is 1.53. The Morgan fingerprint density at radius 2 is 2.03 bits per heavy atom. The van der Waals surface area contributed by atoms with Gasteiger partial charge in [0.1, 0.15) is 23.6 Å². The number of aryl methyl sites for hydroxylation is 1. The topological polar surface area (TPSA) is 94.7 Å². The molecular weight excluding hydrogens is 387 g/mol. The first kappa shape index (κ1) is 19.2. The van der Waals surface area contributed by atoms with Crippen molar-refractivity contribution in [3.8, 4) is 11.5 Å². The number of amides is 1. The van der Waals surface area contributed by atoms with Gasteiger partial charge < -0.3 is 5.32 Å². The Kier molecular flexibility index (Phi) is 5.17. The fraction of sp³-hybridized carbons (Fsp3) is 0.0952. The Bertz CT molecular complexity index is 1250. The maximum atomic E-state index is 14.1. The number of hydrogen-bond acceptors (Lipinski definition) is 5. The van der Waals surface area contributed by atoms with Crippen LogP contribution in [0, 0.1) is 12.7 Å². The molecule has 0 aliphatic carbocycles. The van der Waals surface area contributed by atoms with Crippen LogP contribution < -0.4 is 10.7 Å². The first-order chi connectivity index (χ1) is 14.5. The van der Waals surface area contributed by atoms with Crippen molar-refractivity contribution in [2.24, 2.45) is 0 Å². The first-order valence-corrected chi connectivity index (χ1v) is 9.10. The standard InChI is InChI=1S/C21H17FN6O2/c1-14-10-18(29)20(26-28(14)17-5-3-2-4-16(17)22)21(30)25-12-15-6-7-19(24-11-15)27-9-8-23-13-27/h2-11,13H,12H2,1H3,(H,25,30). The summed E-state index contributed by atoms with van der Waals surface area (Å²) in [6.07, 6.45) is 6.68. The number of rotatable bonds is 5. The molecule has 0 saturated heterocycles. The third kappa shape index (κ3) is 3.86. The van der Waals surface area contributed by atoms with E-state index in [1.807, 2.05) is 6.07 Å². The third-order valence-electron chi connectivity index (χ3n) is 4.43. The van der Waals surface area contributed by atoms with Crippen LogP contribution in [-0.4, -0.2) is 30.2 Å². The van der Waals surface area contributed by atoms with E-state index in [4.69, 9.17) is 0 Å². The predicted molar refractivity (Wildman–Crippen MR) is 107 cm³/mol. The van der Waals surface area contributed by atoms with Crippen molar-refractivity contribution in [3.63, 3.8) is 0 Å². The van der Waals surface area contributed by atoms with Crippen LogP contribution in [0.1, 0.15) is 21.7 Å². The molecule has 3 heterocycles. The lowest BCUT2D eigenvalue weighted by atomic mass is 10.2. The second kappa shape index (κ2) is 8.08. The molecule has 0 aliphatic rings. The number of benzene rings is 1. The van der Waals surface area contributed by atoms with Gasteiger partial charge in [-0.05, 0) is 30.7 Å². The Morgan fingerprint density at radius 1 is 1.20 bits per heavy atom. The van der Waals surface area contributed by atoms with E-state index in [9.17, 15) is 14.0 Å². The van der Waals surface area contributed by atoms with Gasteiger partial charge in [-0.3, -0.25) is 14.2 Å². The smallest absolute Gasteiger partial charge is 0.276 e. The van der Waals surface area contributed by atoms with Crippen LogP contribution in [0.4, 0.5) is 4.39 Å². The van der Waals surface area contributed by atoms with Gasteiger partial charge in [-0.15, -0.1) is 0 Å². The van der Waals surface area contributed by atoms with Gasteiger partial charge in [0, 0.05) is 36.9 Å². The maximum Gasteiger partial charge on any atom is 0.276 e. The summed E-state index contributed by atoms with van der Waals surface area (Å²) in [7, 11) is 0. The van der Waals surface area contributed by atoms with Crippen LogP contribution in [-0.2, 0) is 6.54 Å². The Morgan fingerprint density at radius 3 is 2.73 bits per heavy atom. The zero-order valence-corrected chi connectivity index (χ0v) is 16.0. The van der Waals surface area contributed by atoms with E-state index < -0.39 is 17.2 Å². The van der Waals surface area contributed by atoms with E-state index in [1.54, 1.807) is 54.6 Å². The normalized spacial score (nSPS) is 10.7. The molecule has 30 heavy (non-hydrogen) atoms. The summed E-state index contributed by atoms with van der Waals surface area (Å²) in [5.41, 5.74) is 0.469. The summed E-state index contributed by atoms with van der Waals surface area (Å²) in [6.45, 7) is 1.78.